The van der Waals surface area contributed by atoms with Crippen molar-refractivity contribution in [2.75, 3.05) is 18.4 Å². The van der Waals surface area contributed by atoms with Crippen LogP contribution >= 0.6 is 0 Å². The van der Waals surface area contributed by atoms with E-state index in [4.69, 9.17) is 4.42 Å². The SMILES string of the molecule is Cc1nnc(N[C@H]2CCN(Cc3ccccc3)C2)o1. The van der Waals surface area contributed by atoms with E-state index in [2.05, 4.69) is 50.7 Å². The number of likely N-dealkylation sites (tertiary alicyclic amines) is 1. The summed E-state index contributed by atoms with van der Waals surface area (Å²) in [5.41, 5.74) is 1.36. The molecule has 1 atom stereocenters. The molecule has 1 aromatic carbocycles. The maximum absolute atomic E-state index is 5.35. The summed E-state index contributed by atoms with van der Waals surface area (Å²) < 4.78 is 5.35. The molecule has 1 aliphatic rings. The summed E-state index contributed by atoms with van der Waals surface area (Å²) in [7, 11) is 0. The fourth-order valence-corrected chi connectivity index (χ4v) is 2.47. The highest BCUT2D eigenvalue weighted by molar-refractivity contribution is 5.21. The van der Waals surface area contributed by atoms with Gasteiger partial charge in [0.1, 0.15) is 0 Å². The Morgan fingerprint density at radius 3 is 2.89 bits per heavy atom. The van der Waals surface area contributed by atoms with Crippen LogP contribution < -0.4 is 5.32 Å². The molecule has 0 amide bonds. The van der Waals surface area contributed by atoms with Crippen LogP contribution in [0.15, 0.2) is 34.7 Å². The lowest BCUT2D eigenvalue weighted by Crippen LogP contribution is -2.26. The number of benzene rings is 1. The summed E-state index contributed by atoms with van der Waals surface area (Å²) in [5, 5.41) is 11.1. The Labute approximate surface area is 112 Å². The number of rotatable bonds is 4. The topological polar surface area (TPSA) is 54.2 Å². The monoisotopic (exact) mass is 258 g/mol. The van der Waals surface area contributed by atoms with Crippen molar-refractivity contribution in [3.8, 4) is 0 Å². The summed E-state index contributed by atoms with van der Waals surface area (Å²) in [6.45, 7) is 4.91. The van der Waals surface area contributed by atoms with E-state index >= 15 is 0 Å². The minimum absolute atomic E-state index is 0.392. The van der Waals surface area contributed by atoms with Gasteiger partial charge in [-0.15, -0.1) is 5.10 Å². The zero-order valence-electron chi connectivity index (χ0n) is 11.0. The zero-order valence-corrected chi connectivity index (χ0v) is 11.0. The average molecular weight is 258 g/mol. The molecule has 5 heteroatoms. The van der Waals surface area contributed by atoms with Crippen LogP contribution in [-0.2, 0) is 6.54 Å². The van der Waals surface area contributed by atoms with Crippen LogP contribution in [0.25, 0.3) is 0 Å². The lowest BCUT2D eigenvalue weighted by Gasteiger charge is -2.16. The van der Waals surface area contributed by atoms with Crippen LogP contribution in [0.2, 0.25) is 0 Å². The highest BCUT2D eigenvalue weighted by atomic mass is 16.4. The molecule has 0 aliphatic carbocycles. The molecular weight excluding hydrogens is 240 g/mol. The fourth-order valence-electron chi connectivity index (χ4n) is 2.47. The van der Waals surface area contributed by atoms with Crippen molar-refractivity contribution in [3.63, 3.8) is 0 Å². The minimum atomic E-state index is 0.392. The third-order valence-corrected chi connectivity index (χ3v) is 3.38. The van der Waals surface area contributed by atoms with E-state index in [-0.39, 0.29) is 0 Å². The molecular formula is C14H18N4O. The van der Waals surface area contributed by atoms with E-state index in [1.165, 1.54) is 5.56 Å². The Hall–Kier alpha value is -1.88. The molecule has 1 N–H and O–H groups in total. The Morgan fingerprint density at radius 2 is 2.16 bits per heavy atom. The molecule has 0 spiro atoms. The Balaban J connectivity index is 1.53. The van der Waals surface area contributed by atoms with Crippen molar-refractivity contribution in [2.24, 2.45) is 0 Å². The smallest absolute Gasteiger partial charge is 0.315 e. The van der Waals surface area contributed by atoms with Crippen LogP contribution in [-0.4, -0.2) is 34.2 Å². The second-order valence-electron chi connectivity index (χ2n) is 4.98. The van der Waals surface area contributed by atoms with Gasteiger partial charge in [0.15, 0.2) is 0 Å². The largest absolute Gasteiger partial charge is 0.408 e. The highest BCUT2D eigenvalue weighted by Gasteiger charge is 2.23. The molecule has 2 heterocycles. The van der Waals surface area contributed by atoms with Gasteiger partial charge in [-0.3, -0.25) is 4.90 Å². The van der Waals surface area contributed by atoms with Crippen molar-refractivity contribution in [3.05, 3.63) is 41.8 Å². The summed E-state index contributed by atoms with van der Waals surface area (Å²) in [6, 6.07) is 11.5. The molecule has 1 fully saturated rings. The second-order valence-corrected chi connectivity index (χ2v) is 4.98. The van der Waals surface area contributed by atoms with Crippen LogP contribution in [0, 0.1) is 6.92 Å². The van der Waals surface area contributed by atoms with Gasteiger partial charge in [0.2, 0.25) is 5.89 Å². The molecule has 1 saturated heterocycles. The Kier molecular flexibility index (Phi) is 3.46. The molecule has 0 bridgehead atoms. The number of aromatic nitrogens is 2. The molecule has 3 rings (SSSR count). The maximum atomic E-state index is 5.35. The third-order valence-electron chi connectivity index (χ3n) is 3.38. The van der Waals surface area contributed by atoms with Gasteiger partial charge >= 0.3 is 6.01 Å². The van der Waals surface area contributed by atoms with Gasteiger partial charge in [-0.05, 0) is 12.0 Å². The van der Waals surface area contributed by atoms with Gasteiger partial charge in [0, 0.05) is 32.6 Å². The van der Waals surface area contributed by atoms with Crippen molar-refractivity contribution in [1.82, 2.24) is 15.1 Å². The van der Waals surface area contributed by atoms with E-state index in [1.54, 1.807) is 6.92 Å². The third kappa shape index (κ3) is 3.12. The lowest BCUT2D eigenvalue weighted by molar-refractivity contribution is 0.328. The van der Waals surface area contributed by atoms with Crippen molar-refractivity contribution < 1.29 is 4.42 Å². The summed E-state index contributed by atoms with van der Waals surface area (Å²) >= 11 is 0. The number of anilines is 1. The van der Waals surface area contributed by atoms with E-state index in [0.29, 0.717) is 17.9 Å². The van der Waals surface area contributed by atoms with Gasteiger partial charge in [-0.1, -0.05) is 35.4 Å². The number of nitrogens with one attached hydrogen (secondary N) is 1. The normalized spacial score (nSPS) is 19.7. The lowest BCUT2D eigenvalue weighted by atomic mass is 10.2. The van der Waals surface area contributed by atoms with E-state index < -0.39 is 0 Å². The number of aryl methyl sites for hydroxylation is 1. The molecule has 1 aromatic heterocycles. The molecule has 0 saturated carbocycles. The van der Waals surface area contributed by atoms with Crippen LogP contribution in [0.5, 0.6) is 0 Å². The number of hydrogen-bond donors (Lipinski definition) is 1. The van der Waals surface area contributed by atoms with Crippen molar-refractivity contribution >= 4 is 6.01 Å². The first-order valence-corrected chi connectivity index (χ1v) is 6.62. The average Bonchev–Trinajstić information content (AvgIpc) is 3.01. The first kappa shape index (κ1) is 12.2. The van der Waals surface area contributed by atoms with Gasteiger partial charge in [0.05, 0.1) is 0 Å². The van der Waals surface area contributed by atoms with Gasteiger partial charge in [0.25, 0.3) is 0 Å². The predicted octanol–water partition coefficient (Wildman–Crippen LogP) is 2.06. The first-order chi connectivity index (χ1) is 9.29. The summed E-state index contributed by atoms with van der Waals surface area (Å²) in [4.78, 5) is 2.44. The van der Waals surface area contributed by atoms with E-state index in [1.807, 2.05) is 0 Å². The van der Waals surface area contributed by atoms with Crippen molar-refractivity contribution in [1.29, 1.82) is 0 Å². The Bertz CT molecular complexity index is 525. The molecule has 19 heavy (non-hydrogen) atoms. The highest BCUT2D eigenvalue weighted by Crippen LogP contribution is 2.17. The standard InChI is InChI=1S/C14H18N4O/c1-11-16-17-14(19-11)15-13-7-8-18(10-13)9-12-5-3-2-4-6-12/h2-6,13H,7-10H2,1H3,(H,15,17)/t13-/m0/s1. The fraction of sp³-hybridized carbons (Fsp3) is 0.429. The Morgan fingerprint density at radius 1 is 1.32 bits per heavy atom. The molecule has 100 valence electrons. The maximum Gasteiger partial charge on any atom is 0.315 e. The van der Waals surface area contributed by atoms with E-state index in [0.717, 1.165) is 26.1 Å². The quantitative estimate of drug-likeness (QED) is 0.909. The zero-order chi connectivity index (χ0) is 13.1. The van der Waals surface area contributed by atoms with Crippen molar-refractivity contribution in [2.45, 2.75) is 25.9 Å². The summed E-state index contributed by atoms with van der Waals surface area (Å²) in [6.07, 6.45) is 1.11. The van der Waals surface area contributed by atoms with E-state index in [9.17, 15) is 0 Å². The minimum Gasteiger partial charge on any atom is -0.408 e. The number of nitrogens with zero attached hydrogens (tertiary/aromatic N) is 3. The molecule has 1 aliphatic heterocycles. The van der Waals surface area contributed by atoms with Crippen LogP contribution in [0.3, 0.4) is 0 Å². The van der Waals surface area contributed by atoms with Gasteiger partial charge in [-0.2, -0.15) is 0 Å². The second kappa shape index (κ2) is 5.40. The van der Waals surface area contributed by atoms with Crippen LogP contribution in [0.1, 0.15) is 17.9 Å². The predicted molar refractivity (Wildman–Crippen MR) is 72.8 cm³/mol. The molecule has 2 aromatic rings. The molecule has 0 unspecified atom stereocenters. The number of hydrogen-bond acceptors (Lipinski definition) is 5. The summed E-state index contributed by atoms with van der Waals surface area (Å²) in [5.74, 6) is 0.599. The molecule has 5 nitrogen and oxygen atoms in total. The van der Waals surface area contributed by atoms with Gasteiger partial charge < -0.3 is 9.73 Å². The molecule has 0 radical (unpaired) electrons. The van der Waals surface area contributed by atoms with Gasteiger partial charge in [-0.25, -0.2) is 0 Å². The first-order valence-electron chi connectivity index (χ1n) is 6.62. The van der Waals surface area contributed by atoms with Crippen LogP contribution in [0.4, 0.5) is 6.01 Å².